The molecule has 0 bridgehead atoms. The Morgan fingerprint density at radius 1 is 1.39 bits per heavy atom. The number of benzene rings is 1. The monoisotopic (exact) mass is 454 g/mol. The number of carbonyl (C=O) groups is 1. The zero-order valence-corrected chi connectivity index (χ0v) is 20.3. The van der Waals surface area contributed by atoms with Crippen LogP contribution in [-0.4, -0.2) is 12.5 Å². The molecule has 1 atom stereocenters. The average molecular weight is 455 g/mol. The van der Waals surface area contributed by atoms with Crippen LogP contribution in [0.5, 0.6) is 5.75 Å². The molecule has 0 aliphatic heterocycles. The number of ether oxygens (including phenoxy) is 1. The van der Waals surface area contributed by atoms with Crippen molar-refractivity contribution in [1.82, 2.24) is 0 Å². The molecule has 1 heterocycles. The van der Waals surface area contributed by atoms with Crippen molar-refractivity contribution in [3.8, 4) is 11.8 Å². The van der Waals surface area contributed by atoms with Gasteiger partial charge in [-0.25, -0.2) is 0 Å². The first kappa shape index (κ1) is 23.4. The summed E-state index contributed by atoms with van der Waals surface area (Å²) in [6.07, 6.45) is 3.76. The van der Waals surface area contributed by atoms with Crippen LogP contribution in [0.4, 0.5) is 5.00 Å². The Morgan fingerprint density at radius 3 is 2.84 bits per heavy atom. The summed E-state index contributed by atoms with van der Waals surface area (Å²) in [7, 11) is 0. The molecule has 1 aromatic heterocycles. The predicted molar refractivity (Wildman–Crippen MR) is 130 cm³/mol. The third-order valence-electron chi connectivity index (χ3n) is 5.82. The first-order valence-corrected chi connectivity index (χ1v) is 12.1. The highest BCUT2D eigenvalue weighted by atomic mass is 32.1. The van der Waals surface area contributed by atoms with Crippen LogP contribution >= 0.6 is 23.6 Å². The third-order valence-corrected chi connectivity index (χ3v) is 7.26. The number of rotatable bonds is 7. The summed E-state index contributed by atoms with van der Waals surface area (Å²) >= 11 is 6.92. The molecule has 1 aromatic carbocycles. The number of nitriles is 1. The molecule has 1 unspecified atom stereocenters. The van der Waals surface area contributed by atoms with Crippen LogP contribution < -0.4 is 10.1 Å². The van der Waals surface area contributed by atoms with Crippen molar-refractivity contribution in [1.29, 1.82) is 5.26 Å². The first-order valence-electron chi connectivity index (χ1n) is 10.9. The molecule has 2 aromatic rings. The lowest BCUT2D eigenvalue weighted by Crippen LogP contribution is -2.17. The van der Waals surface area contributed by atoms with E-state index in [9.17, 15) is 10.1 Å². The van der Waals surface area contributed by atoms with E-state index >= 15 is 0 Å². The summed E-state index contributed by atoms with van der Waals surface area (Å²) in [6.45, 7) is 9.13. The fourth-order valence-corrected chi connectivity index (χ4v) is 5.55. The van der Waals surface area contributed by atoms with Gasteiger partial charge in [0.05, 0.1) is 16.0 Å². The molecule has 1 aliphatic carbocycles. The number of amides is 1. The van der Waals surface area contributed by atoms with Gasteiger partial charge < -0.3 is 10.1 Å². The lowest BCUT2D eigenvalue weighted by molar-refractivity contribution is -0.116. The number of hydrogen-bond donors (Lipinski definition) is 1. The van der Waals surface area contributed by atoms with Crippen molar-refractivity contribution in [3.63, 3.8) is 0 Å². The van der Waals surface area contributed by atoms with Crippen molar-refractivity contribution in [2.75, 3.05) is 11.9 Å². The second-order valence-corrected chi connectivity index (χ2v) is 10.4. The van der Waals surface area contributed by atoms with Gasteiger partial charge in [0.2, 0.25) is 5.91 Å². The summed E-state index contributed by atoms with van der Waals surface area (Å²) in [4.78, 5) is 12.5. The van der Waals surface area contributed by atoms with Gasteiger partial charge in [-0.15, -0.1) is 11.3 Å². The van der Waals surface area contributed by atoms with Crippen LogP contribution in [0.1, 0.15) is 73.8 Å². The zero-order chi connectivity index (χ0) is 22.5. The van der Waals surface area contributed by atoms with Crippen molar-refractivity contribution in [2.45, 2.75) is 65.7 Å². The van der Waals surface area contributed by atoms with Crippen LogP contribution in [0.2, 0.25) is 0 Å². The van der Waals surface area contributed by atoms with E-state index in [0.717, 1.165) is 40.0 Å². The Morgan fingerprint density at radius 2 is 2.16 bits per heavy atom. The van der Waals surface area contributed by atoms with E-state index in [-0.39, 0.29) is 5.91 Å². The van der Waals surface area contributed by atoms with E-state index in [1.165, 1.54) is 22.5 Å². The molecule has 0 saturated heterocycles. The minimum absolute atomic E-state index is 0.110. The topological polar surface area (TPSA) is 62.1 Å². The fraction of sp³-hybridized carbons (Fsp3) is 0.480. The molecular formula is C25H30N2O2S2. The third kappa shape index (κ3) is 5.72. The number of anilines is 1. The van der Waals surface area contributed by atoms with Crippen LogP contribution in [0.25, 0.3) is 0 Å². The highest BCUT2D eigenvalue weighted by molar-refractivity contribution is 7.73. The van der Waals surface area contributed by atoms with E-state index in [1.807, 2.05) is 6.07 Å². The maximum absolute atomic E-state index is 12.5. The van der Waals surface area contributed by atoms with Gasteiger partial charge in [-0.2, -0.15) is 5.26 Å². The SMILES string of the molecule is Cc1cc(OCCCC(=O)Nc2sc(=S)c3c(c2C#N)CCC(C)C3)ccc1C(C)C. The highest BCUT2D eigenvalue weighted by Gasteiger charge is 2.23. The largest absolute Gasteiger partial charge is 0.494 e. The normalized spacial score (nSPS) is 15.3. The number of fused-ring (bicyclic) bond motifs is 1. The Hall–Kier alpha value is -2.23. The number of nitrogens with zero attached hydrogens (tertiary/aromatic N) is 1. The predicted octanol–water partition coefficient (Wildman–Crippen LogP) is 6.70. The quantitative estimate of drug-likeness (QED) is 0.373. The van der Waals surface area contributed by atoms with Crippen LogP contribution in [0, 0.1) is 28.0 Å². The molecule has 1 aliphatic rings. The van der Waals surface area contributed by atoms with Gasteiger partial charge in [0, 0.05) is 6.42 Å². The Labute approximate surface area is 194 Å². The minimum Gasteiger partial charge on any atom is -0.494 e. The molecule has 164 valence electrons. The smallest absolute Gasteiger partial charge is 0.225 e. The van der Waals surface area contributed by atoms with Crippen molar-refractivity contribution < 1.29 is 9.53 Å². The van der Waals surface area contributed by atoms with E-state index in [2.05, 4.69) is 51.2 Å². The van der Waals surface area contributed by atoms with Crippen molar-refractivity contribution in [3.05, 3.63) is 49.8 Å². The van der Waals surface area contributed by atoms with Crippen LogP contribution in [0.3, 0.4) is 0 Å². The second kappa shape index (κ2) is 10.4. The first-order chi connectivity index (χ1) is 14.8. The summed E-state index contributed by atoms with van der Waals surface area (Å²) in [5, 5.41) is 13.2. The van der Waals surface area contributed by atoms with Crippen LogP contribution in [0.15, 0.2) is 18.2 Å². The second-order valence-electron chi connectivity index (χ2n) is 8.68. The molecule has 0 saturated carbocycles. The van der Waals surface area contributed by atoms with Gasteiger partial charge >= 0.3 is 0 Å². The Kier molecular flexibility index (Phi) is 7.85. The molecule has 0 radical (unpaired) electrons. The minimum atomic E-state index is -0.110. The molecule has 0 fully saturated rings. The summed E-state index contributed by atoms with van der Waals surface area (Å²) in [6, 6.07) is 8.45. The van der Waals surface area contributed by atoms with Crippen molar-refractivity contribution in [2.24, 2.45) is 5.92 Å². The van der Waals surface area contributed by atoms with E-state index in [0.29, 0.717) is 41.8 Å². The van der Waals surface area contributed by atoms with Gasteiger partial charge in [0.1, 0.15) is 16.8 Å². The molecule has 1 N–H and O–H groups in total. The summed E-state index contributed by atoms with van der Waals surface area (Å²) < 4.78 is 6.62. The number of aryl methyl sites for hydroxylation is 1. The molecule has 31 heavy (non-hydrogen) atoms. The Bertz CT molecular complexity index is 1070. The number of hydrogen-bond acceptors (Lipinski definition) is 5. The number of carbonyl (C=O) groups excluding carboxylic acids is 1. The van der Waals surface area contributed by atoms with Gasteiger partial charge in [-0.1, -0.05) is 39.1 Å². The fourth-order valence-electron chi connectivity index (χ4n) is 4.14. The average Bonchev–Trinajstić information content (AvgIpc) is 2.71. The van der Waals surface area contributed by atoms with Gasteiger partial charge in [-0.05, 0) is 78.8 Å². The van der Waals surface area contributed by atoms with E-state index in [4.69, 9.17) is 17.0 Å². The molecular weight excluding hydrogens is 424 g/mol. The Balaban J connectivity index is 1.57. The van der Waals surface area contributed by atoms with Gasteiger partial charge in [0.25, 0.3) is 0 Å². The zero-order valence-electron chi connectivity index (χ0n) is 18.7. The van der Waals surface area contributed by atoms with Gasteiger partial charge in [0.15, 0.2) is 0 Å². The lowest BCUT2D eigenvalue weighted by Gasteiger charge is -2.23. The van der Waals surface area contributed by atoms with E-state index < -0.39 is 0 Å². The summed E-state index contributed by atoms with van der Waals surface area (Å²) in [5.74, 6) is 1.79. The molecule has 6 heteroatoms. The standard InChI is InChI=1S/C25H30N2O2S2/c1-15(2)19-10-8-18(13-17(19)4)29-11-5-6-23(28)27-24-22(14-26)20-9-7-16(3)12-21(20)25(30)31-24/h8,10,13,15-16H,5-7,9,11-12H2,1-4H3,(H,27,28). The maximum Gasteiger partial charge on any atom is 0.225 e. The summed E-state index contributed by atoms with van der Waals surface area (Å²) in [5.41, 5.74) is 5.29. The molecule has 3 rings (SSSR count). The van der Waals surface area contributed by atoms with Crippen molar-refractivity contribution >= 4 is 34.5 Å². The molecule has 0 spiro atoms. The van der Waals surface area contributed by atoms with Crippen LogP contribution in [-0.2, 0) is 17.6 Å². The highest BCUT2D eigenvalue weighted by Crippen LogP contribution is 2.36. The molecule has 1 amide bonds. The van der Waals surface area contributed by atoms with E-state index in [1.54, 1.807) is 0 Å². The van der Waals surface area contributed by atoms with Gasteiger partial charge in [-0.3, -0.25) is 4.79 Å². The lowest BCUT2D eigenvalue weighted by atomic mass is 9.85. The maximum atomic E-state index is 12.5. The number of nitrogens with one attached hydrogen (secondary N) is 1. The molecule has 4 nitrogen and oxygen atoms in total.